The summed E-state index contributed by atoms with van der Waals surface area (Å²) >= 11 is 0. The molecule has 0 aliphatic carbocycles. The molecule has 0 aromatic heterocycles. The van der Waals surface area contributed by atoms with Gasteiger partial charge in [-0.15, -0.1) is 0 Å². The van der Waals surface area contributed by atoms with Gasteiger partial charge >= 0.3 is 6.09 Å². The Kier molecular flexibility index (Phi) is 7.15. The predicted octanol–water partition coefficient (Wildman–Crippen LogP) is 1.54. The standard InChI is InChI=1S/C12H25NO4/c1-9(16-5)6-10(8-14)7-13-11(15)17-12(2,3)4/h9-10,14H,6-8H2,1-5H3,(H,13,15). The van der Waals surface area contributed by atoms with E-state index >= 15 is 0 Å². The van der Waals surface area contributed by atoms with Gasteiger partial charge in [0.1, 0.15) is 5.60 Å². The fraction of sp³-hybridized carbons (Fsp3) is 0.917. The number of aliphatic hydroxyl groups excluding tert-OH is 1. The van der Waals surface area contributed by atoms with Gasteiger partial charge in [0.25, 0.3) is 0 Å². The van der Waals surface area contributed by atoms with Crippen LogP contribution in [0.15, 0.2) is 0 Å². The highest BCUT2D eigenvalue weighted by atomic mass is 16.6. The van der Waals surface area contributed by atoms with Crippen LogP contribution in [0.5, 0.6) is 0 Å². The van der Waals surface area contributed by atoms with E-state index in [1.54, 1.807) is 7.11 Å². The van der Waals surface area contributed by atoms with Crippen LogP contribution in [-0.2, 0) is 9.47 Å². The Labute approximate surface area is 103 Å². The first-order chi connectivity index (χ1) is 7.78. The quantitative estimate of drug-likeness (QED) is 0.747. The fourth-order valence-corrected chi connectivity index (χ4v) is 1.33. The Morgan fingerprint density at radius 2 is 2.00 bits per heavy atom. The lowest BCUT2D eigenvalue weighted by atomic mass is 10.0. The van der Waals surface area contributed by atoms with E-state index in [9.17, 15) is 4.79 Å². The molecule has 0 aromatic carbocycles. The molecule has 0 heterocycles. The third-order valence-electron chi connectivity index (χ3n) is 2.26. The zero-order valence-corrected chi connectivity index (χ0v) is 11.4. The number of methoxy groups -OCH3 is 1. The molecule has 102 valence electrons. The summed E-state index contributed by atoms with van der Waals surface area (Å²) in [6, 6.07) is 0. The van der Waals surface area contributed by atoms with Crippen molar-refractivity contribution in [2.45, 2.75) is 45.8 Å². The summed E-state index contributed by atoms with van der Waals surface area (Å²) < 4.78 is 10.2. The maximum absolute atomic E-state index is 11.4. The zero-order chi connectivity index (χ0) is 13.5. The topological polar surface area (TPSA) is 67.8 Å². The molecule has 0 saturated heterocycles. The van der Waals surface area contributed by atoms with Gasteiger partial charge in [0.05, 0.1) is 6.10 Å². The van der Waals surface area contributed by atoms with Crippen molar-refractivity contribution >= 4 is 6.09 Å². The number of amides is 1. The maximum atomic E-state index is 11.4. The van der Waals surface area contributed by atoms with Crippen LogP contribution in [0, 0.1) is 5.92 Å². The molecule has 1 amide bonds. The van der Waals surface area contributed by atoms with Gasteiger partial charge in [-0.25, -0.2) is 4.79 Å². The molecule has 0 radical (unpaired) electrons. The van der Waals surface area contributed by atoms with Crippen LogP contribution in [0.1, 0.15) is 34.1 Å². The van der Waals surface area contributed by atoms with Crippen LogP contribution in [0.4, 0.5) is 4.79 Å². The minimum Gasteiger partial charge on any atom is -0.444 e. The van der Waals surface area contributed by atoms with Crippen molar-refractivity contribution in [1.82, 2.24) is 5.32 Å². The first kappa shape index (κ1) is 16.2. The highest BCUT2D eigenvalue weighted by Crippen LogP contribution is 2.09. The second kappa shape index (κ2) is 7.50. The molecule has 2 atom stereocenters. The van der Waals surface area contributed by atoms with Crippen LogP contribution in [0.3, 0.4) is 0 Å². The molecule has 2 unspecified atom stereocenters. The van der Waals surface area contributed by atoms with Crippen LogP contribution >= 0.6 is 0 Å². The lowest BCUT2D eigenvalue weighted by Crippen LogP contribution is -2.36. The first-order valence-corrected chi connectivity index (χ1v) is 5.89. The largest absolute Gasteiger partial charge is 0.444 e. The van der Waals surface area contributed by atoms with E-state index in [0.717, 1.165) is 0 Å². The van der Waals surface area contributed by atoms with Crippen molar-refractivity contribution in [2.75, 3.05) is 20.3 Å². The Hall–Kier alpha value is -0.810. The number of hydrogen-bond donors (Lipinski definition) is 2. The minimum absolute atomic E-state index is 0.0162. The van der Waals surface area contributed by atoms with Gasteiger partial charge in [0, 0.05) is 26.2 Å². The van der Waals surface area contributed by atoms with E-state index in [2.05, 4.69) is 5.32 Å². The molecule has 17 heavy (non-hydrogen) atoms. The monoisotopic (exact) mass is 247 g/mol. The third kappa shape index (κ3) is 8.94. The summed E-state index contributed by atoms with van der Waals surface area (Å²) in [7, 11) is 1.63. The summed E-state index contributed by atoms with van der Waals surface area (Å²) in [4.78, 5) is 11.4. The van der Waals surface area contributed by atoms with Gasteiger partial charge in [-0.05, 0) is 34.1 Å². The van der Waals surface area contributed by atoms with Gasteiger partial charge in [0.2, 0.25) is 0 Å². The van der Waals surface area contributed by atoms with Crippen LogP contribution in [0.25, 0.3) is 0 Å². The fourth-order valence-electron chi connectivity index (χ4n) is 1.33. The average molecular weight is 247 g/mol. The molecule has 0 saturated carbocycles. The summed E-state index contributed by atoms with van der Waals surface area (Å²) in [5.41, 5.74) is -0.501. The summed E-state index contributed by atoms with van der Waals surface area (Å²) in [5.74, 6) is -0.0162. The Morgan fingerprint density at radius 1 is 1.41 bits per heavy atom. The SMILES string of the molecule is COC(C)CC(CO)CNC(=O)OC(C)(C)C. The number of nitrogens with one attached hydrogen (secondary N) is 1. The molecule has 5 heteroatoms. The molecule has 0 spiro atoms. The van der Waals surface area contributed by atoms with Crippen molar-refractivity contribution in [3.05, 3.63) is 0 Å². The maximum Gasteiger partial charge on any atom is 0.407 e. The normalized spacial score (nSPS) is 15.2. The van der Waals surface area contributed by atoms with Gasteiger partial charge in [-0.2, -0.15) is 0 Å². The van der Waals surface area contributed by atoms with E-state index in [0.29, 0.717) is 13.0 Å². The molecular formula is C12H25NO4. The second-order valence-electron chi connectivity index (χ2n) is 5.21. The zero-order valence-electron chi connectivity index (χ0n) is 11.4. The predicted molar refractivity (Wildman–Crippen MR) is 65.9 cm³/mol. The van der Waals surface area contributed by atoms with Crippen molar-refractivity contribution < 1.29 is 19.4 Å². The van der Waals surface area contributed by atoms with E-state index < -0.39 is 11.7 Å². The van der Waals surface area contributed by atoms with Gasteiger partial charge in [-0.3, -0.25) is 0 Å². The highest BCUT2D eigenvalue weighted by Gasteiger charge is 2.18. The highest BCUT2D eigenvalue weighted by molar-refractivity contribution is 5.67. The molecule has 0 bridgehead atoms. The van der Waals surface area contributed by atoms with Gasteiger partial charge in [-0.1, -0.05) is 0 Å². The molecule has 0 aromatic rings. The van der Waals surface area contributed by atoms with Crippen molar-refractivity contribution in [1.29, 1.82) is 0 Å². The number of hydrogen-bond acceptors (Lipinski definition) is 4. The molecule has 0 aliphatic heterocycles. The molecule has 0 rings (SSSR count). The van der Waals surface area contributed by atoms with Gasteiger partial charge < -0.3 is 19.9 Å². The van der Waals surface area contributed by atoms with Crippen molar-refractivity contribution in [3.63, 3.8) is 0 Å². The Bertz CT molecular complexity index is 225. The molecule has 2 N–H and O–H groups in total. The number of carbonyl (C=O) groups is 1. The summed E-state index contributed by atoms with van der Waals surface area (Å²) in [6.45, 7) is 7.76. The number of aliphatic hydroxyl groups is 1. The molecule has 5 nitrogen and oxygen atoms in total. The number of carbonyl (C=O) groups excluding carboxylic acids is 1. The lowest BCUT2D eigenvalue weighted by molar-refractivity contribution is 0.0481. The lowest BCUT2D eigenvalue weighted by Gasteiger charge is -2.22. The Balaban J connectivity index is 3.94. The van der Waals surface area contributed by atoms with E-state index in [1.165, 1.54) is 0 Å². The Morgan fingerprint density at radius 3 is 2.41 bits per heavy atom. The number of ether oxygens (including phenoxy) is 2. The number of rotatable bonds is 6. The van der Waals surface area contributed by atoms with E-state index in [1.807, 2.05) is 27.7 Å². The molecule has 0 aliphatic rings. The smallest absolute Gasteiger partial charge is 0.407 e. The minimum atomic E-state index is -0.501. The van der Waals surface area contributed by atoms with Crippen LogP contribution in [0.2, 0.25) is 0 Å². The van der Waals surface area contributed by atoms with Crippen molar-refractivity contribution in [2.24, 2.45) is 5.92 Å². The molecular weight excluding hydrogens is 222 g/mol. The molecule has 0 fully saturated rings. The third-order valence-corrected chi connectivity index (χ3v) is 2.26. The summed E-state index contributed by atoms with van der Waals surface area (Å²) in [5, 5.41) is 11.8. The average Bonchev–Trinajstić information content (AvgIpc) is 2.21. The van der Waals surface area contributed by atoms with Crippen LogP contribution in [-0.4, -0.2) is 43.2 Å². The van der Waals surface area contributed by atoms with Crippen LogP contribution < -0.4 is 5.32 Å². The van der Waals surface area contributed by atoms with E-state index in [4.69, 9.17) is 14.6 Å². The first-order valence-electron chi connectivity index (χ1n) is 5.89. The van der Waals surface area contributed by atoms with Crippen molar-refractivity contribution in [3.8, 4) is 0 Å². The van der Waals surface area contributed by atoms with Gasteiger partial charge in [0.15, 0.2) is 0 Å². The number of alkyl carbamates (subject to hydrolysis) is 1. The van der Waals surface area contributed by atoms with E-state index in [-0.39, 0.29) is 18.6 Å². The second-order valence-corrected chi connectivity index (χ2v) is 5.21. The summed E-state index contributed by atoms with van der Waals surface area (Å²) in [6.07, 6.45) is 0.302.